The minimum Gasteiger partial charge on any atom is -0.492 e. The van der Waals surface area contributed by atoms with Gasteiger partial charge in [-0.1, -0.05) is 25.7 Å². The van der Waals surface area contributed by atoms with Gasteiger partial charge in [0.1, 0.15) is 12.4 Å². The average Bonchev–Trinajstić information content (AvgIpc) is 2.89. The van der Waals surface area contributed by atoms with E-state index in [1.807, 2.05) is 30.1 Å². The molecule has 6 heteroatoms. The van der Waals surface area contributed by atoms with Crippen molar-refractivity contribution in [1.29, 1.82) is 0 Å². The first-order valence-corrected chi connectivity index (χ1v) is 8.77. The van der Waals surface area contributed by atoms with E-state index in [9.17, 15) is 4.79 Å². The number of amides is 2. The number of nitrogens with one attached hydrogen (secondary N) is 1. The number of carbonyl (C=O) groups excluding carboxylic acids is 1. The van der Waals surface area contributed by atoms with Crippen LogP contribution in [0.15, 0.2) is 18.2 Å². The Morgan fingerprint density at radius 1 is 1.21 bits per heavy atom. The van der Waals surface area contributed by atoms with Crippen LogP contribution in [0.25, 0.3) is 0 Å². The summed E-state index contributed by atoms with van der Waals surface area (Å²) in [5.74, 6) is 2.15. The first-order valence-electron chi connectivity index (χ1n) is 8.77. The Labute approximate surface area is 143 Å². The fraction of sp³-hybridized carbons (Fsp3) is 0.611. The minimum absolute atomic E-state index is 0.0174. The largest absolute Gasteiger partial charge is 0.492 e. The highest BCUT2D eigenvalue weighted by Crippen LogP contribution is 2.34. The van der Waals surface area contributed by atoms with E-state index in [1.165, 1.54) is 25.7 Å². The van der Waals surface area contributed by atoms with Crippen LogP contribution in [0.3, 0.4) is 0 Å². The lowest BCUT2D eigenvalue weighted by Gasteiger charge is -2.27. The molecule has 24 heavy (non-hydrogen) atoms. The van der Waals surface area contributed by atoms with Crippen LogP contribution >= 0.6 is 0 Å². The van der Waals surface area contributed by atoms with Gasteiger partial charge in [0.15, 0.2) is 11.5 Å². The van der Waals surface area contributed by atoms with Gasteiger partial charge in [-0.2, -0.15) is 0 Å². The molecule has 0 aromatic heterocycles. The van der Waals surface area contributed by atoms with Crippen molar-refractivity contribution in [2.45, 2.75) is 44.6 Å². The lowest BCUT2D eigenvalue weighted by Crippen LogP contribution is -2.44. The van der Waals surface area contributed by atoms with Crippen LogP contribution < -0.4 is 19.5 Å². The highest BCUT2D eigenvalue weighted by atomic mass is 16.7. The van der Waals surface area contributed by atoms with Gasteiger partial charge in [-0.15, -0.1) is 0 Å². The minimum atomic E-state index is -0.0174. The summed E-state index contributed by atoms with van der Waals surface area (Å²) >= 11 is 0. The van der Waals surface area contributed by atoms with E-state index in [4.69, 9.17) is 14.2 Å². The third-order valence-corrected chi connectivity index (χ3v) is 4.68. The van der Waals surface area contributed by atoms with E-state index in [0.717, 1.165) is 18.6 Å². The summed E-state index contributed by atoms with van der Waals surface area (Å²) < 4.78 is 16.2. The number of fused-ring (bicyclic) bond motifs is 1. The van der Waals surface area contributed by atoms with Gasteiger partial charge >= 0.3 is 6.03 Å². The van der Waals surface area contributed by atoms with Gasteiger partial charge in [-0.05, 0) is 25.0 Å². The highest BCUT2D eigenvalue weighted by molar-refractivity contribution is 5.74. The standard InChI is InChI=1S/C18H26N2O4/c1-20(14-6-4-2-3-5-7-14)18(21)19-10-11-22-15-8-9-16-17(12-15)24-13-23-16/h8-9,12,14H,2-7,10-11,13H2,1H3,(H,19,21). The first kappa shape index (κ1) is 16.7. The van der Waals surface area contributed by atoms with Crippen molar-refractivity contribution in [3.05, 3.63) is 18.2 Å². The Balaban J connectivity index is 1.38. The molecule has 0 saturated heterocycles. The molecule has 1 N–H and O–H groups in total. The zero-order chi connectivity index (χ0) is 16.8. The predicted molar refractivity (Wildman–Crippen MR) is 90.7 cm³/mol. The molecular formula is C18H26N2O4. The topological polar surface area (TPSA) is 60.0 Å². The molecule has 2 amide bonds. The Bertz CT molecular complexity index is 556. The predicted octanol–water partition coefficient (Wildman–Crippen LogP) is 3.16. The molecule has 1 aromatic rings. The number of carbonyl (C=O) groups is 1. The maximum atomic E-state index is 12.2. The zero-order valence-corrected chi connectivity index (χ0v) is 14.3. The summed E-state index contributed by atoms with van der Waals surface area (Å²) in [4.78, 5) is 14.1. The Kier molecular flexibility index (Phi) is 5.67. The van der Waals surface area contributed by atoms with Gasteiger partial charge in [0, 0.05) is 19.2 Å². The van der Waals surface area contributed by atoms with Gasteiger partial charge in [0.2, 0.25) is 6.79 Å². The molecule has 1 fully saturated rings. The maximum absolute atomic E-state index is 12.2. The Morgan fingerprint density at radius 2 is 1.96 bits per heavy atom. The molecule has 1 heterocycles. The molecule has 3 rings (SSSR count). The molecule has 2 aliphatic rings. The lowest BCUT2D eigenvalue weighted by molar-refractivity contribution is 0.173. The summed E-state index contributed by atoms with van der Waals surface area (Å²) in [5, 5.41) is 2.93. The van der Waals surface area contributed by atoms with E-state index in [0.29, 0.717) is 30.7 Å². The number of nitrogens with zero attached hydrogens (tertiary/aromatic N) is 1. The quantitative estimate of drug-likeness (QED) is 0.664. The lowest BCUT2D eigenvalue weighted by atomic mass is 10.1. The number of urea groups is 1. The molecule has 1 aliphatic carbocycles. The number of hydrogen-bond acceptors (Lipinski definition) is 4. The van der Waals surface area contributed by atoms with E-state index < -0.39 is 0 Å². The SMILES string of the molecule is CN(C(=O)NCCOc1ccc2c(c1)OCO2)C1CCCCCC1. The van der Waals surface area contributed by atoms with Gasteiger partial charge in [-0.3, -0.25) is 0 Å². The average molecular weight is 334 g/mol. The number of hydrogen-bond donors (Lipinski definition) is 1. The fourth-order valence-corrected chi connectivity index (χ4v) is 3.23. The zero-order valence-electron chi connectivity index (χ0n) is 14.3. The summed E-state index contributed by atoms with van der Waals surface area (Å²) in [7, 11) is 1.89. The second kappa shape index (κ2) is 8.13. The van der Waals surface area contributed by atoms with Crippen LogP contribution in [0, 0.1) is 0 Å². The van der Waals surface area contributed by atoms with Crippen molar-refractivity contribution >= 4 is 6.03 Å². The Morgan fingerprint density at radius 3 is 2.75 bits per heavy atom. The summed E-state index contributed by atoms with van der Waals surface area (Å²) in [6.45, 7) is 1.15. The van der Waals surface area contributed by atoms with Crippen LogP contribution in [0.5, 0.6) is 17.2 Å². The first-order chi connectivity index (χ1) is 11.7. The molecule has 6 nitrogen and oxygen atoms in total. The third kappa shape index (κ3) is 4.24. The van der Waals surface area contributed by atoms with Crippen molar-refractivity contribution < 1.29 is 19.0 Å². The molecule has 1 saturated carbocycles. The molecule has 0 unspecified atom stereocenters. The van der Waals surface area contributed by atoms with Gasteiger partial charge in [-0.25, -0.2) is 4.79 Å². The summed E-state index contributed by atoms with van der Waals surface area (Å²) in [6, 6.07) is 5.82. The second-order valence-electron chi connectivity index (χ2n) is 6.35. The molecule has 0 radical (unpaired) electrons. The van der Waals surface area contributed by atoms with Gasteiger partial charge in [0.25, 0.3) is 0 Å². The van der Waals surface area contributed by atoms with Crippen molar-refractivity contribution in [1.82, 2.24) is 10.2 Å². The van der Waals surface area contributed by atoms with E-state index >= 15 is 0 Å². The third-order valence-electron chi connectivity index (χ3n) is 4.68. The van der Waals surface area contributed by atoms with Gasteiger partial charge in [0.05, 0.1) is 6.54 Å². The van der Waals surface area contributed by atoms with Crippen LogP contribution in [0.1, 0.15) is 38.5 Å². The smallest absolute Gasteiger partial charge is 0.317 e. The van der Waals surface area contributed by atoms with Crippen molar-refractivity contribution in [2.75, 3.05) is 27.0 Å². The van der Waals surface area contributed by atoms with E-state index in [2.05, 4.69) is 5.32 Å². The molecule has 132 valence electrons. The summed E-state index contributed by atoms with van der Waals surface area (Å²) in [5.41, 5.74) is 0. The van der Waals surface area contributed by atoms with Crippen LogP contribution in [0.2, 0.25) is 0 Å². The number of ether oxygens (including phenoxy) is 3. The van der Waals surface area contributed by atoms with Crippen LogP contribution in [-0.2, 0) is 0 Å². The highest BCUT2D eigenvalue weighted by Gasteiger charge is 2.20. The molecule has 1 aliphatic heterocycles. The number of benzene rings is 1. The van der Waals surface area contributed by atoms with Crippen molar-refractivity contribution in [3.63, 3.8) is 0 Å². The molecule has 1 aromatic carbocycles. The molecule has 0 atom stereocenters. The van der Waals surface area contributed by atoms with Crippen LogP contribution in [-0.4, -0.2) is 44.0 Å². The number of rotatable bonds is 5. The molecular weight excluding hydrogens is 308 g/mol. The normalized spacial score (nSPS) is 17.2. The van der Waals surface area contributed by atoms with E-state index in [-0.39, 0.29) is 12.8 Å². The van der Waals surface area contributed by atoms with E-state index in [1.54, 1.807) is 0 Å². The fourth-order valence-electron chi connectivity index (χ4n) is 3.23. The van der Waals surface area contributed by atoms with Crippen LogP contribution in [0.4, 0.5) is 4.79 Å². The van der Waals surface area contributed by atoms with Crippen molar-refractivity contribution in [2.24, 2.45) is 0 Å². The Hall–Kier alpha value is -2.11. The van der Waals surface area contributed by atoms with Crippen molar-refractivity contribution in [3.8, 4) is 17.2 Å². The molecule has 0 bridgehead atoms. The molecule has 0 spiro atoms. The summed E-state index contributed by atoms with van der Waals surface area (Å²) in [6.07, 6.45) is 7.23. The maximum Gasteiger partial charge on any atom is 0.317 e. The monoisotopic (exact) mass is 334 g/mol. The van der Waals surface area contributed by atoms with Gasteiger partial charge < -0.3 is 24.4 Å². The second-order valence-corrected chi connectivity index (χ2v) is 6.35.